The molecule has 0 bridgehead atoms. The standard InChI is InChI=1S/C13H10BrN3O/c14-5-9-3-13(18)17(8-9)12-2-1-10(6-15)11(4-12)7-16/h1-2,4,9H,3,5,8H2. The molecule has 1 aliphatic rings. The minimum Gasteiger partial charge on any atom is -0.312 e. The van der Waals surface area contributed by atoms with E-state index in [1.54, 1.807) is 23.1 Å². The van der Waals surface area contributed by atoms with Gasteiger partial charge in [-0.1, -0.05) is 15.9 Å². The molecule has 1 saturated heterocycles. The number of halogens is 1. The van der Waals surface area contributed by atoms with E-state index in [0.29, 0.717) is 35.7 Å². The summed E-state index contributed by atoms with van der Waals surface area (Å²) < 4.78 is 0. The second-order valence-corrected chi connectivity index (χ2v) is 4.83. The van der Waals surface area contributed by atoms with E-state index in [1.807, 2.05) is 12.1 Å². The Morgan fingerprint density at radius 2 is 2.06 bits per heavy atom. The van der Waals surface area contributed by atoms with E-state index in [2.05, 4.69) is 15.9 Å². The van der Waals surface area contributed by atoms with E-state index in [9.17, 15) is 4.79 Å². The Morgan fingerprint density at radius 1 is 1.33 bits per heavy atom. The van der Waals surface area contributed by atoms with Crippen LogP contribution in [0.3, 0.4) is 0 Å². The number of nitrogens with zero attached hydrogens (tertiary/aromatic N) is 3. The molecule has 4 nitrogen and oxygen atoms in total. The lowest BCUT2D eigenvalue weighted by atomic mass is 10.1. The van der Waals surface area contributed by atoms with Crippen molar-refractivity contribution in [3.63, 3.8) is 0 Å². The van der Waals surface area contributed by atoms with Gasteiger partial charge in [-0.25, -0.2) is 0 Å². The van der Waals surface area contributed by atoms with E-state index in [-0.39, 0.29) is 5.91 Å². The van der Waals surface area contributed by atoms with Crippen LogP contribution in [0.25, 0.3) is 0 Å². The minimum atomic E-state index is 0.0630. The van der Waals surface area contributed by atoms with E-state index in [0.717, 1.165) is 5.33 Å². The maximum Gasteiger partial charge on any atom is 0.227 e. The molecule has 0 aromatic heterocycles. The van der Waals surface area contributed by atoms with Gasteiger partial charge in [0.05, 0.1) is 11.1 Å². The van der Waals surface area contributed by atoms with E-state index in [1.165, 1.54) is 0 Å². The van der Waals surface area contributed by atoms with Crippen molar-refractivity contribution in [2.75, 3.05) is 16.8 Å². The summed E-state index contributed by atoms with van der Waals surface area (Å²) in [4.78, 5) is 13.5. The fourth-order valence-corrected chi connectivity index (χ4v) is 2.46. The third-order valence-electron chi connectivity index (χ3n) is 2.98. The maximum atomic E-state index is 11.9. The Labute approximate surface area is 114 Å². The molecule has 0 aliphatic carbocycles. The van der Waals surface area contributed by atoms with Gasteiger partial charge in [0, 0.05) is 24.0 Å². The third-order valence-corrected chi connectivity index (χ3v) is 3.89. The number of carbonyl (C=O) groups is 1. The van der Waals surface area contributed by atoms with Crippen LogP contribution in [0.1, 0.15) is 17.5 Å². The second kappa shape index (κ2) is 5.20. The first kappa shape index (κ1) is 12.6. The fourth-order valence-electron chi connectivity index (χ4n) is 2.02. The summed E-state index contributed by atoms with van der Waals surface area (Å²) in [6, 6.07) is 8.85. The molecule has 0 radical (unpaired) electrons. The average Bonchev–Trinajstić information content (AvgIpc) is 2.79. The lowest BCUT2D eigenvalue weighted by Crippen LogP contribution is -2.24. The molecular formula is C13H10BrN3O. The SMILES string of the molecule is N#Cc1ccc(N2CC(CBr)CC2=O)cc1C#N. The summed E-state index contributed by atoms with van der Waals surface area (Å²) in [5.41, 5.74) is 1.34. The number of amides is 1. The van der Waals surface area contributed by atoms with E-state index < -0.39 is 0 Å². The zero-order valence-corrected chi connectivity index (χ0v) is 11.1. The monoisotopic (exact) mass is 303 g/mol. The first-order chi connectivity index (χ1) is 8.69. The molecule has 1 heterocycles. The number of hydrogen-bond donors (Lipinski definition) is 0. The molecule has 1 aromatic carbocycles. The van der Waals surface area contributed by atoms with E-state index >= 15 is 0 Å². The van der Waals surface area contributed by atoms with Gasteiger partial charge in [0.15, 0.2) is 0 Å². The Hall–Kier alpha value is -1.85. The summed E-state index contributed by atoms with van der Waals surface area (Å²) in [5, 5.41) is 18.6. The summed E-state index contributed by atoms with van der Waals surface area (Å²) in [5.74, 6) is 0.367. The summed E-state index contributed by atoms with van der Waals surface area (Å²) in [7, 11) is 0. The highest BCUT2D eigenvalue weighted by Crippen LogP contribution is 2.27. The van der Waals surface area contributed by atoms with Crippen molar-refractivity contribution in [3.8, 4) is 12.1 Å². The number of alkyl halides is 1. The zero-order valence-electron chi connectivity index (χ0n) is 9.56. The topological polar surface area (TPSA) is 67.9 Å². The molecule has 0 N–H and O–H groups in total. The first-order valence-corrected chi connectivity index (χ1v) is 6.62. The minimum absolute atomic E-state index is 0.0630. The Morgan fingerprint density at radius 3 is 2.61 bits per heavy atom. The lowest BCUT2D eigenvalue weighted by molar-refractivity contribution is -0.117. The Balaban J connectivity index is 2.33. The number of benzene rings is 1. The average molecular weight is 304 g/mol. The molecular weight excluding hydrogens is 294 g/mol. The molecule has 0 saturated carbocycles. The van der Waals surface area contributed by atoms with Crippen molar-refractivity contribution in [1.29, 1.82) is 10.5 Å². The van der Waals surface area contributed by atoms with Gasteiger partial charge in [-0.2, -0.15) is 10.5 Å². The molecule has 1 unspecified atom stereocenters. The lowest BCUT2D eigenvalue weighted by Gasteiger charge is -2.16. The molecule has 5 heteroatoms. The predicted octanol–water partition coefficient (Wildman–Crippen LogP) is 2.18. The van der Waals surface area contributed by atoms with Crippen molar-refractivity contribution >= 4 is 27.5 Å². The van der Waals surface area contributed by atoms with Crippen molar-refractivity contribution in [2.45, 2.75) is 6.42 Å². The van der Waals surface area contributed by atoms with Crippen LogP contribution in [0.5, 0.6) is 0 Å². The van der Waals surface area contributed by atoms with Crippen LogP contribution in [0, 0.1) is 28.6 Å². The summed E-state index contributed by atoms with van der Waals surface area (Å²) in [6.07, 6.45) is 0.521. The first-order valence-electron chi connectivity index (χ1n) is 5.50. The van der Waals surface area contributed by atoms with Crippen LogP contribution < -0.4 is 4.90 Å². The van der Waals surface area contributed by atoms with Gasteiger partial charge in [-0.05, 0) is 24.1 Å². The van der Waals surface area contributed by atoms with Crippen LogP contribution in [0.4, 0.5) is 5.69 Å². The molecule has 2 rings (SSSR count). The van der Waals surface area contributed by atoms with Crippen molar-refractivity contribution in [1.82, 2.24) is 0 Å². The van der Waals surface area contributed by atoms with Gasteiger partial charge >= 0.3 is 0 Å². The highest BCUT2D eigenvalue weighted by atomic mass is 79.9. The Bertz CT molecular complexity index is 571. The highest BCUT2D eigenvalue weighted by Gasteiger charge is 2.30. The highest BCUT2D eigenvalue weighted by molar-refractivity contribution is 9.09. The summed E-state index contributed by atoms with van der Waals surface area (Å²) in [6.45, 7) is 0.654. The van der Waals surface area contributed by atoms with Gasteiger partial charge in [-0.15, -0.1) is 0 Å². The number of nitriles is 2. The van der Waals surface area contributed by atoms with Crippen molar-refractivity contribution < 1.29 is 4.79 Å². The largest absolute Gasteiger partial charge is 0.312 e. The third kappa shape index (κ3) is 2.23. The summed E-state index contributed by atoms with van der Waals surface area (Å²) >= 11 is 3.38. The van der Waals surface area contributed by atoms with Crippen molar-refractivity contribution in [3.05, 3.63) is 29.3 Å². The fraction of sp³-hybridized carbons (Fsp3) is 0.308. The Kier molecular flexibility index (Phi) is 3.64. The quantitative estimate of drug-likeness (QED) is 0.786. The van der Waals surface area contributed by atoms with Gasteiger partial charge in [0.1, 0.15) is 12.1 Å². The zero-order chi connectivity index (χ0) is 13.1. The van der Waals surface area contributed by atoms with Gasteiger partial charge in [-0.3, -0.25) is 4.79 Å². The molecule has 1 fully saturated rings. The number of carbonyl (C=O) groups excluding carboxylic acids is 1. The van der Waals surface area contributed by atoms with E-state index in [4.69, 9.17) is 10.5 Å². The van der Waals surface area contributed by atoms with Gasteiger partial charge in [0.25, 0.3) is 0 Å². The van der Waals surface area contributed by atoms with Gasteiger partial charge < -0.3 is 4.90 Å². The smallest absolute Gasteiger partial charge is 0.227 e. The van der Waals surface area contributed by atoms with Crippen molar-refractivity contribution in [2.24, 2.45) is 5.92 Å². The van der Waals surface area contributed by atoms with Crippen LogP contribution in [0.15, 0.2) is 18.2 Å². The van der Waals surface area contributed by atoms with Crippen LogP contribution in [-0.2, 0) is 4.79 Å². The molecule has 1 aliphatic heterocycles. The van der Waals surface area contributed by atoms with Crippen LogP contribution in [-0.4, -0.2) is 17.8 Å². The van der Waals surface area contributed by atoms with Crippen LogP contribution in [0.2, 0.25) is 0 Å². The number of rotatable bonds is 2. The normalized spacial score (nSPS) is 18.5. The molecule has 1 aromatic rings. The molecule has 0 spiro atoms. The molecule has 1 atom stereocenters. The second-order valence-electron chi connectivity index (χ2n) is 4.18. The molecule has 90 valence electrons. The molecule has 1 amide bonds. The maximum absolute atomic E-state index is 11.9. The number of anilines is 1. The number of hydrogen-bond acceptors (Lipinski definition) is 3. The predicted molar refractivity (Wildman–Crippen MR) is 70.1 cm³/mol. The molecule has 18 heavy (non-hydrogen) atoms. The van der Waals surface area contributed by atoms with Gasteiger partial charge in [0.2, 0.25) is 5.91 Å². The van der Waals surface area contributed by atoms with Crippen LogP contribution >= 0.6 is 15.9 Å².